The number of carbonyl (C=O) groups excluding carboxylic acids is 2. The third kappa shape index (κ3) is 51.6. The third-order valence-electron chi connectivity index (χ3n) is 13.6. The first-order valence-corrected chi connectivity index (χ1v) is 30.2. The first-order chi connectivity index (χ1) is 34.5. The number of hydrogen-bond acceptors (Lipinski definition) is 5. The van der Waals surface area contributed by atoms with Crippen molar-refractivity contribution in [1.82, 2.24) is 5.32 Å². The van der Waals surface area contributed by atoms with Crippen molar-refractivity contribution in [2.24, 2.45) is 0 Å². The number of esters is 1. The average Bonchev–Trinajstić information content (AvgIpc) is 3.35. The molecule has 3 unspecified atom stereocenters. The summed E-state index contributed by atoms with van der Waals surface area (Å²) in [5.41, 5.74) is 0. The van der Waals surface area contributed by atoms with Crippen molar-refractivity contribution in [3.05, 3.63) is 72.9 Å². The van der Waals surface area contributed by atoms with Crippen molar-refractivity contribution in [3.8, 4) is 0 Å². The highest BCUT2D eigenvalue weighted by atomic mass is 16.5. The van der Waals surface area contributed by atoms with E-state index in [4.69, 9.17) is 4.74 Å². The molecule has 0 rings (SSSR count). The number of allylic oxidation sites excluding steroid dienone is 12. The number of hydrogen-bond donors (Lipinski definition) is 3. The highest BCUT2D eigenvalue weighted by Gasteiger charge is 2.24. The summed E-state index contributed by atoms with van der Waals surface area (Å²) >= 11 is 0. The summed E-state index contributed by atoms with van der Waals surface area (Å²) in [5, 5.41) is 23.9. The maximum Gasteiger partial charge on any atom is 0.306 e. The van der Waals surface area contributed by atoms with Gasteiger partial charge in [-0.05, 0) is 77.0 Å². The van der Waals surface area contributed by atoms with E-state index in [0.29, 0.717) is 19.3 Å². The van der Waals surface area contributed by atoms with Gasteiger partial charge in [-0.15, -0.1) is 0 Å². The summed E-state index contributed by atoms with van der Waals surface area (Å²) in [6.07, 6.45) is 73.9. The van der Waals surface area contributed by atoms with E-state index in [-0.39, 0.29) is 24.9 Å². The second kappa shape index (κ2) is 57.2. The Hall–Kier alpha value is -2.70. The topological polar surface area (TPSA) is 95.9 Å². The second-order valence-corrected chi connectivity index (χ2v) is 20.5. The van der Waals surface area contributed by atoms with Crippen LogP contribution in [0.25, 0.3) is 0 Å². The second-order valence-electron chi connectivity index (χ2n) is 20.5. The molecule has 0 aliphatic rings. The Kier molecular flexibility index (Phi) is 55.0. The van der Waals surface area contributed by atoms with Gasteiger partial charge in [0.25, 0.3) is 0 Å². The van der Waals surface area contributed by atoms with E-state index in [1.54, 1.807) is 0 Å². The summed E-state index contributed by atoms with van der Waals surface area (Å²) < 4.78 is 5.95. The van der Waals surface area contributed by atoms with Crippen LogP contribution in [0.4, 0.5) is 0 Å². The monoisotopic (exact) mass is 978 g/mol. The molecule has 0 aliphatic heterocycles. The van der Waals surface area contributed by atoms with Crippen LogP contribution >= 0.6 is 0 Å². The molecule has 6 heteroatoms. The van der Waals surface area contributed by atoms with Gasteiger partial charge in [0.1, 0.15) is 6.10 Å². The Morgan fingerprint density at radius 1 is 0.414 bits per heavy atom. The highest BCUT2D eigenvalue weighted by molar-refractivity contribution is 5.77. The van der Waals surface area contributed by atoms with Crippen molar-refractivity contribution in [1.29, 1.82) is 0 Å². The van der Waals surface area contributed by atoms with Crippen molar-refractivity contribution in [3.63, 3.8) is 0 Å². The fourth-order valence-corrected chi connectivity index (χ4v) is 9.02. The number of aliphatic hydroxyl groups is 2. The number of carbonyl (C=O) groups is 2. The van der Waals surface area contributed by atoms with Crippen LogP contribution < -0.4 is 5.32 Å². The molecular formula is C64H115NO5. The number of unbranched alkanes of at least 4 members (excludes halogenated alkanes) is 34. The van der Waals surface area contributed by atoms with Crippen LogP contribution in [0.3, 0.4) is 0 Å². The number of amides is 1. The minimum Gasteiger partial charge on any atom is -0.462 e. The zero-order valence-corrected chi connectivity index (χ0v) is 46.4. The zero-order valence-electron chi connectivity index (χ0n) is 46.4. The van der Waals surface area contributed by atoms with Gasteiger partial charge in [0.2, 0.25) is 5.91 Å². The van der Waals surface area contributed by atoms with Gasteiger partial charge in [0.15, 0.2) is 0 Å². The normalized spacial score (nSPS) is 13.6. The van der Waals surface area contributed by atoms with E-state index in [2.05, 4.69) is 99.0 Å². The van der Waals surface area contributed by atoms with Crippen molar-refractivity contribution in [2.75, 3.05) is 6.61 Å². The molecule has 0 aromatic rings. The largest absolute Gasteiger partial charge is 0.462 e. The van der Waals surface area contributed by atoms with Gasteiger partial charge in [-0.2, -0.15) is 0 Å². The summed E-state index contributed by atoms with van der Waals surface area (Å²) in [5.74, 6) is -0.524. The van der Waals surface area contributed by atoms with Crippen LogP contribution in [0.2, 0.25) is 0 Å². The molecule has 0 saturated heterocycles. The van der Waals surface area contributed by atoms with Crippen LogP contribution in [0.15, 0.2) is 72.9 Å². The molecular weight excluding hydrogens is 863 g/mol. The molecule has 3 N–H and O–H groups in total. The smallest absolute Gasteiger partial charge is 0.306 e. The molecule has 0 aromatic heterocycles. The average molecular weight is 979 g/mol. The summed E-state index contributed by atoms with van der Waals surface area (Å²) in [4.78, 5) is 26.3. The molecule has 0 spiro atoms. The maximum absolute atomic E-state index is 13.3. The Labute approximate surface area is 434 Å². The fourth-order valence-electron chi connectivity index (χ4n) is 9.02. The van der Waals surface area contributed by atoms with Gasteiger partial charge >= 0.3 is 5.97 Å². The molecule has 0 fully saturated rings. The highest BCUT2D eigenvalue weighted by Crippen LogP contribution is 2.18. The van der Waals surface area contributed by atoms with Crippen molar-refractivity contribution >= 4 is 11.9 Å². The molecule has 70 heavy (non-hydrogen) atoms. The molecule has 0 saturated carbocycles. The predicted octanol–water partition coefficient (Wildman–Crippen LogP) is 18.9. The predicted molar refractivity (Wildman–Crippen MR) is 305 cm³/mol. The number of ether oxygens (including phenoxy) is 1. The molecule has 6 nitrogen and oxygen atoms in total. The summed E-state index contributed by atoms with van der Waals surface area (Å²) in [6.45, 7) is 6.46. The lowest BCUT2D eigenvalue weighted by Gasteiger charge is -2.24. The standard InChI is InChI=1S/C64H115NO5/c1-4-7-10-13-16-19-22-25-28-31-33-36-39-42-45-48-51-54-57-64(69)70-60(55-52-49-46-43-40-37-34-30-27-24-21-18-15-12-9-6-3)58-63(68)65-61(59-66)62(67)56-53-50-47-44-41-38-35-32-29-26-23-20-17-14-11-8-5-2/h18,21,24,27-28,30-31,33-34,36-37,40,60-62,66-67H,4-17,19-20,22-23,25-26,29,32,35,38-39,41-59H2,1-3H3,(H,65,68)/b21-18+,27-24+,31-28+,34-30+,36-33+,40-37+. The molecule has 406 valence electrons. The molecule has 1 amide bonds. The number of aliphatic hydroxyl groups excluding tert-OH is 2. The Morgan fingerprint density at radius 3 is 1.16 bits per heavy atom. The van der Waals surface area contributed by atoms with Crippen LogP contribution in [0.5, 0.6) is 0 Å². The van der Waals surface area contributed by atoms with Gasteiger partial charge in [-0.3, -0.25) is 9.59 Å². The lowest BCUT2D eigenvalue weighted by atomic mass is 10.0. The first kappa shape index (κ1) is 67.3. The van der Waals surface area contributed by atoms with Crippen LogP contribution in [-0.4, -0.2) is 46.9 Å². The van der Waals surface area contributed by atoms with E-state index in [9.17, 15) is 19.8 Å². The van der Waals surface area contributed by atoms with Crippen molar-refractivity contribution < 1.29 is 24.5 Å². The van der Waals surface area contributed by atoms with Crippen LogP contribution in [0, 0.1) is 0 Å². The van der Waals surface area contributed by atoms with E-state index >= 15 is 0 Å². The van der Waals surface area contributed by atoms with E-state index < -0.39 is 18.2 Å². The number of rotatable bonds is 54. The molecule has 0 aliphatic carbocycles. The van der Waals surface area contributed by atoms with Gasteiger partial charge in [0, 0.05) is 6.42 Å². The van der Waals surface area contributed by atoms with E-state index in [0.717, 1.165) is 89.9 Å². The minimum atomic E-state index is -0.806. The van der Waals surface area contributed by atoms with Gasteiger partial charge in [-0.1, -0.05) is 280 Å². The number of nitrogens with one attached hydrogen (secondary N) is 1. The summed E-state index contributed by atoms with van der Waals surface area (Å²) in [6, 6.07) is -0.722. The Morgan fingerprint density at radius 2 is 0.729 bits per heavy atom. The minimum absolute atomic E-state index is 0.0437. The third-order valence-corrected chi connectivity index (χ3v) is 13.6. The molecule has 0 heterocycles. The van der Waals surface area contributed by atoms with Crippen LogP contribution in [-0.2, 0) is 14.3 Å². The van der Waals surface area contributed by atoms with Crippen molar-refractivity contribution in [2.45, 2.75) is 315 Å². The Balaban J connectivity index is 4.64. The van der Waals surface area contributed by atoms with E-state index in [1.165, 1.54) is 161 Å². The quantitative estimate of drug-likeness (QED) is 0.0321. The summed E-state index contributed by atoms with van der Waals surface area (Å²) in [7, 11) is 0. The van der Waals surface area contributed by atoms with Crippen LogP contribution in [0.1, 0.15) is 297 Å². The molecule has 0 radical (unpaired) electrons. The fraction of sp³-hybridized carbons (Fsp3) is 0.781. The lowest BCUT2D eigenvalue weighted by Crippen LogP contribution is -2.46. The zero-order chi connectivity index (χ0) is 50.9. The van der Waals surface area contributed by atoms with Gasteiger partial charge < -0.3 is 20.3 Å². The SMILES string of the molecule is CCCCC/C=C/C=C/C=C/C=C/CCCCCC(CC(=O)NC(CO)C(O)CCCCCCCCCCCCCCCCCCC)OC(=O)CCCCCCC/C=C/C=C/CCCCCCCCC. The molecule has 0 bridgehead atoms. The molecule has 0 aromatic carbocycles. The lowest BCUT2D eigenvalue weighted by molar-refractivity contribution is -0.151. The molecule has 3 atom stereocenters. The Bertz CT molecular complexity index is 1280. The maximum atomic E-state index is 13.3. The van der Waals surface area contributed by atoms with Gasteiger partial charge in [-0.25, -0.2) is 0 Å². The first-order valence-electron chi connectivity index (χ1n) is 30.2. The van der Waals surface area contributed by atoms with E-state index in [1.807, 2.05) is 0 Å². The van der Waals surface area contributed by atoms with Gasteiger partial charge in [0.05, 0.1) is 25.2 Å².